The maximum Gasteiger partial charge on any atom is 0.187 e. The highest BCUT2D eigenvalue weighted by Gasteiger charge is 2.10. The Balaban J connectivity index is 1.84. The normalized spacial score (nSPS) is 10.6. The van der Waals surface area contributed by atoms with Gasteiger partial charge in [-0.25, -0.2) is 4.98 Å². The van der Waals surface area contributed by atoms with E-state index in [4.69, 9.17) is 0 Å². The number of rotatable bonds is 4. The number of hydrogen-bond acceptors (Lipinski definition) is 5. The van der Waals surface area contributed by atoms with E-state index in [-0.39, 0.29) is 0 Å². The van der Waals surface area contributed by atoms with Gasteiger partial charge in [0.1, 0.15) is 0 Å². The number of hydrogen-bond donors (Lipinski definition) is 1. The molecule has 1 aromatic carbocycles. The number of aromatic nitrogens is 1. The summed E-state index contributed by atoms with van der Waals surface area (Å²) in [5.74, 6) is 0. The summed E-state index contributed by atoms with van der Waals surface area (Å²) in [6, 6.07) is 12.3. The minimum absolute atomic E-state index is 0.930. The van der Waals surface area contributed by atoms with E-state index in [0.29, 0.717) is 0 Å². The Bertz CT molecular complexity index is 658. The van der Waals surface area contributed by atoms with E-state index in [1.807, 2.05) is 30.3 Å². The van der Waals surface area contributed by atoms with Crippen LogP contribution in [0.2, 0.25) is 0 Å². The molecule has 2 heterocycles. The Kier molecular flexibility index (Phi) is 3.87. The first-order valence-electron chi connectivity index (χ1n) is 5.76. The number of thioether (sulfide) groups is 1. The van der Waals surface area contributed by atoms with Crippen molar-refractivity contribution in [2.45, 2.75) is 4.21 Å². The summed E-state index contributed by atoms with van der Waals surface area (Å²) >= 11 is 5.17. The molecule has 0 saturated carbocycles. The van der Waals surface area contributed by atoms with E-state index in [2.05, 4.69) is 33.4 Å². The molecule has 0 aliphatic heterocycles. The predicted molar refractivity (Wildman–Crippen MR) is 86.9 cm³/mol. The molecule has 5 heteroatoms. The third-order valence-corrected chi connectivity index (χ3v) is 5.46. The number of thiophene rings is 1. The topological polar surface area (TPSA) is 24.9 Å². The zero-order chi connectivity index (χ0) is 13.1. The van der Waals surface area contributed by atoms with Gasteiger partial charge < -0.3 is 5.32 Å². The number of nitrogens with zero attached hydrogens (tertiary/aromatic N) is 1. The van der Waals surface area contributed by atoms with Crippen molar-refractivity contribution in [1.29, 1.82) is 0 Å². The monoisotopic (exact) mass is 304 g/mol. The van der Waals surface area contributed by atoms with E-state index < -0.39 is 0 Å². The molecule has 3 aromatic rings. The maximum atomic E-state index is 4.66. The van der Waals surface area contributed by atoms with Crippen LogP contribution in [0.15, 0.2) is 51.4 Å². The number of benzene rings is 1. The largest absolute Gasteiger partial charge is 0.332 e. The van der Waals surface area contributed by atoms with Crippen LogP contribution in [0.5, 0.6) is 0 Å². The van der Waals surface area contributed by atoms with Gasteiger partial charge in [-0.05, 0) is 29.8 Å². The zero-order valence-electron chi connectivity index (χ0n) is 10.3. The SMILES string of the molecule is CSc1sccc1-c1csc(Nc2ccccc2)n1. The molecule has 1 N–H and O–H groups in total. The van der Waals surface area contributed by atoms with Crippen LogP contribution >= 0.6 is 34.4 Å². The summed E-state index contributed by atoms with van der Waals surface area (Å²) in [7, 11) is 0. The third-order valence-electron chi connectivity index (χ3n) is 2.62. The molecule has 0 unspecified atom stereocenters. The van der Waals surface area contributed by atoms with Gasteiger partial charge in [-0.15, -0.1) is 34.4 Å². The minimum atomic E-state index is 0.930. The second-order valence-electron chi connectivity index (χ2n) is 3.85. The lowest BCUT2D eigenvalue weighted by atomic mass is 10.3. The summed E-state index contributed by atoms with van der Waals surface area (Å²) in [6.45, 7) is 0. The van der Waals surface area contributed by atoms with E-state index in [9.17, 15) is 0 Å². The summed E-state index contributed by atoms with van der Waals surface area (Å²) in [5, 5.41) is 8.48. The van der Waals surface area contributed by atoms with Gasteiger partial charge in [-0.1, -0.05) is 18.2 Å². The van der Waals surface area contributed by atoms with Gasteiger partial charge in [-0.2, -0.15) is 0 Å². The first-order valence-corrected chi connectivity index (χ1v) is 8.74. The molecular formula is C14H12N2S3. The Morgan fingerprint density at radius 1 is 1.11 bits per heavy atom. The van der Waals surface area contributed by atoms with Crippen LogP contribution in [-0.2, 0) is 0 Å². The third kappa shape index (κ3) is 2.83. The van der Waals surface area contributed by atoms with E-state index in [0.717, 1.165) is 16.5 Å². The molecule has 3 rings (SSSR count). The van der Waals surface area contributed by atoms with Crippen LogP contribution < -0.4 is 5.32 Å². The van der Waals surface area contributed by atoms with Crippen molar-refractivity contribution in [1.82, 2.24) is 4.98 Å². The van der Waals surface area contributed by atoms with Gasteiger partial charge in [0.2, 0.25) is 0 Å². The molecule has 2 nitrogen and oxygen atoms in total. The van der Waals surface area contributed by atoms with Crippen molar-refractivity contribution in [3.05, 3.63) is 47.2 Å². The molecule has 0 aliphatic rings. The number of nitrogens with one attached hydrogen (secondary N) is 1. The number of para-hydroxylation sites is 1. The van der Waals surface area contributed by atoms with Crippen LogP contribution in [0, 0.1) is 0 Å². The molecule has 0 bridgehead atoms. The van der Waals surface area contributed by atoms with E-state index in [1.54, 1.807) is 34.4 Å². The summed E-state index contributed by atoms with van der Waals surface area (Å²) in [4.78, 5) is 4.66. The lowest BCUT2D eigenvalue weighted by molar-refractivity contribution is 1.38. The molecule has 19 heavy (non-hydrogen) atoms. The molecule has 2 aromatic heterocycles. The highest BCUT2D eigenvalue weighted by molar-refractivity contribution is 8.00. The number of anilines is 2. The molecule has 0 aliphatic carbocycles. The predicted octanol–water partition coefficient (Wildman–Crippen LogP) is 5.34. The first kappa shape index (κ1) is 12.7. The fraction of sp³-hybridized carbons (Fsp3) is 0.0714. The second-order valence-corrected chi connectivity index (χ2v) is 6.70. The van der Waals surface area contributed by atoms with Gasteiger partial charge in [0.05, 0.1) is 9.90 Å². The summed E-state index contributed by atoms with van der Waals surface area (Å²) in [6.07, 6.45) is 2.10. The molecule has 0 spiro atoms. The smallest absolute Gasteiger partial charge is 0.187 e. The lowest BCUT2D eigenvalue weighted by Crippen LogP contribution is -1.88. The van der Waals surface area contributed by atoms with Crippen molar-refractivity contribution in [3.63, 3.8) is 0 Å². The van der Waals surface area contributed by atoms with Crippen molar-refractivity contribution in [2.75, 3.05) is 11.6 Å². The quantitative estimate of drug-likeness (QED) is 0.659. The Labute approximate surface area is 124 Å². The summed E-state index contributed by atoms with van der Waals surface area (Å²) < 4.78 is 1.32. The molecule has 0 amide bonds. The highest BCUT2D eigenvalue weighted by atomic mass is 32.2. The molecular weight excluding hydrogens is 292 g/mol. The lowest BCUT2D eigenvalue weighted by Gasteiger charge is -2.01. The van der Waals surface area contributed by atoms with E-state index >= 15 is 0 Å². The molecule has 96 valence electrons. The van der Waals surface area contributed by atoms with Gasteiger partial charge in [0, 0.05) is 16.6 Å². The van der Waals surface area contributed by atoms with Gasteiger partial charge >= 0.3 is 0 Å². The van der Waals surface area contributed by atoms with Crippen molar-refractivity contribution in [3.8, 4) is 11.3 Å². The van der Waals surface area contributed by atoms with Gasteiger partial charge in [-0.3, -0.25) is 0 Å². The molecule has 0 radical (unpaired) electrons. The fourth-order valence-corrected chi connectivity index (χ4v) is 4.05. The average Bonchev–Trinajstić information content (AvgIpc) is 3.07. The standard InChI is InChI=1S/C14H12N2S3/c1-17-13-11(7-8-18-13)12-9-19-14(16-12)15-10-5-3-2-4-6-10/h2-9H,1H3,(H,15,16). The van der Waals surface area contributed by atoms with Gasteiger partial charge in [0.25, 0.3) is 0 Å². The van der Waals surface area contributed by atoms with Crippen LogP contribution in [0.3, 0.4) is 0 Å². The van der Waals surface area contributed by atoms with Crippen LogP contribution in [0.25, 0.3) is 11.3 Å². The maximum absolute atomic E-state index is 4.66. The van der Waals surface area contributed by atoms with Crippen LogP contribution in [-0.4, -0.2) is 11.2 Å². The molecule has 0 fully saturated rings. The Morgan fingerprint density at radius 3 is 2.74 bits per heavy atom. The van der Waals surface area contributed by atoms with Crippen LogP contribution in [0.4, 0.5) is 10.8 Å². The van der Waals surface area contributed by atoms with Crippen molar-refractivity contribution < 1.29 is 0 Å². The Morgan fingerprint density at radius 2 is 1.95 bits per heavy atom. The minimum Gasteiger partial charge on any atom is -0.332 e. The fourth-order valence-electron chi connectivity index (χ4n) is 1.74. The average molecular weight is 304 g/mol. The summed E-state index contributed by atoms with van der Waals surface area (Å²) in [5.41, 5.74) is 3.35. The van der Waals surface area contributed by atoms with E-state index in [1.165, 1.54) is 9.77 Å². The zero-order valence-corrected chi connectivity index (χ0v) is 12.7. The van der Waals surface area contributed by atoms with Gasteiger partial charge in [0.15, 0.2) is 5.13 Å². The molecule has 0 saturated heterocycles. The Hall–Kier alpha value is -1.30. The van der Waals surface area contributed by atoms with Crippen molar-refractivity contribution in [2.24, 2.45) is 0 Å². The number of thiazole rings is 1. The highest BCUT2D eigenvalue weighted by Crippen LogP contribution is 2.36. The van der Waals surface area contributed by atoms with Crippen LogP contribution in [0.1, 0.15) is 0 Å². The molecule has 0 atom stereocenters. The first-order chi connectivity index (χ1) is 9.36. The second kappa shape index (κ2) is 5.77. The van der Waals surface area contributed by atoms with Crippen molar-refractivity contribution >= 4 is 45.3 Å².